The van der Waals surface area contributed by atoms with E-state index in [0.717, 1.165) is 0 Å². The molecular weight excluding hydrogens is 216 g/mol. The first-order valence-corrected chi connectivity index (χ1v) is 5.00. The fraction of sp³-hybridized carbons (Fsp3) is 0.400. The van der Waals surface area contributed by atoms with Gasteiger partial charge in [-0.05, 0) is 19.1 Å². The SMILES string of the molecule is CCN(C)C(=O)COc1cccnc1Cl. The zero-order valence-corrected chi connectivity index (χ0v) is 9.49. The lowest BCUT2D eigenvalue weighted by Gasteiger charge is -2.14. The van der Waals surface area contributed by atoms with Crippen molar-refractivity contribution in [3.63, 3.8) is 0 Å². The second-order valence-corrected chi connectivity index (χ2v) is 3.35. The molecule has 0 aliphatic carbocycles. The van der Waals surface area contributed by atoms with Crippen molar-refractivity contribution in [2.45, 2.75) is 6.92 Å². The summed E-state index contributed by atoms with van der Waals surface area (Å²) in [5, 5.41) is 0.268. The quantitative estimate of drug-likeness (QED) is 0.735. The Morgan fingerprint density at radius 1 is 1.67 bits per heavy atom. The van der Waals surface area contributed by atoms with E-state index in [0.29, 0.717) is 12.3 Å². The Balaban J connectivity index is 2.51. The van der Waals surface area contributed by atoms with E-state index in [1.54, 1.807) is 30.3 Å². The summed E-state index contributed by atoms with van der Waals surface area (Å²) in [6.45, 7) is 2.54. The number of pyridine rings is 1. The first-order valence-electron chi connectivity index (χ1n) is 4.62. The number of halogens is 1. The van der Waals surface area contributed by atoms with Crippen LogP contribution in [0.25, 0.3) is 0 Å². The van der Waals surface area contributed by atoms with Crippen LogP contribution in [0, 0.1) is 0 Å². The van der Waals surface area contributed by atoms with Gasteiger partial charge in [0, 0.05) is 19.8 Å². The van der Waals surface area contributed by atoms with Crippen molar-refractivity contribution in [1.82, 2.24) is 9.88 Å². The largest absolute Gasteiger partial charge is 0.481 e. The van der Waals surface area contributed by atoms with Gasteiger partial charge in [-0.25, -0.2) is 4.98 Å². The minimum atomic E-state index is -0.0857. The molecule has 0 bridgehead atoms. The Morgan fingerprint density at radius 3 is 3.00 bits per heavy atom. The van der Waals surface area contributed by atoms with Crippen molar-refractivity contribution < 1.29 is 9.53 Å². The third-order valence-corrected chi connectivity index (χ3v) is 2.26. The molecule has 0 unspecified atom stereocenters. The maximum absolute atomic E-state index is 11.4. The van der Waals surface area contributed by atoms with Crippen molar-refractivity contribution in [3.8, 4) is 5.75 Å². The van der Waals surface area contributed by atoms with Gasteiger partial charge in [-0.15, -0.1) is 0 Å². The monoisotopic (exact) mass is 228 g/mol. The lowest BCUT2D eigenvalue weighted by atomic mass is 10.4. The van der Waals surface area contributed by atoms with E-state index in [4.69, 9.17) is 16.3 Å². The Hall–Kier alpha value is -1.29. The molecule has 0 saturated carbocycles. The van der Waals surface area contributed by atoms with Crippen LogP contribution in [0.4, 0.5) is 0 Å². The lowest BCUT2D eigenvalue weighted by Crippen LogP contribution is -2.31. The van der Waals surface area contributed by atoms with Crippen LogP contribution in [-0.4, -0.2) is 36.0 Å². The van der Waals surface area contributed by atoms with Crippen LogP contribution in [0.15, 0.2) is 18.3 Å². The highest BCUT2D eigenvalue weighted by Gasteiger charge is 2.08. The van der Waals surface area contributed by atoms with Crippen LogP contribution < -0.4 is 4.74 Å². The average Bonchev–Trinajstić information content (AvgIpc) is 2.26. The molecule has 1 rings (SSSR count). The molecule has 0 atom stereocenters. The van der Waals surface area contributed by atoms with Crippen LogP contribution in [0.2, 0.25) is 5.15 Å². The average molecular weight is 229 g/mol. The fourth-order valence-electron chi connectivity index (χ4n) is 0.905. The van der Waals surface area contributed by atoms with Crippen molar-refractivity contribution in [1.29, 1.82) is 0 Å². The van der Waals surface area contributed by atoms with Gasteiger partial charge >= 0.3 is 0 Å². The number of carbonyl (C=O) groups excluding carboxylic acids is 1. The van der Waals surface area contributed by atoms with E-state index in [9.17, 15) is 4.79 Å². The standard InChI is InChI=1S/C10H13ClN2O2/c1-3-13(2)9(14)7-15-8-5-4-6-12-10(8)11/h4-6H,3,7H2,1-2H3. The Bertz CT molecular complexity index is 344. The van der Waals surface area contributed by atoms with E-state index in [1.807, 2.05) is 6.92 Å². The van der Waals surface area contributed by atoms with Crippen molar-refractivity contribution >= 4 is 17.5 Å². The third-order valence-electron chi connectivity index (χ3n) is 1.98. The normalized spacial score (nSPS) is 9.80. The summed E-state index contributed by atoms with van der Waals surface area (Å²) in [5.74, 6) is 0.342. The second-order valence-electron chi connectivity index (χ2n) is 2.99. The van der Waals surface area contributed by atoms with E-state index < -0.39 is 0 Å². The van der Waals surface area contributed by atoms with E-state index >= 15 is 0 Å². The van der Waals surface area contributed by atoms with Crippen molar-refractivity contribution in [2.75, 3.05) is 20.2 Å². The highest BCUT2D eigenvalue weighted by Crippen LogP contribution is 2.19. The molecule has 0 aliphatic rings. The predicted molar refractivity (Wildman–Crippen MR) is 58.1 cm³/mol. The molecular formula is C10H13ClN2O2. The van der Waals surface area contributed by atoms with Crippen LogP contribution in [0.1, 0.15) is 6.92 Å². The number of carbonyl (C=O) groups is 1. The number of amides is 1. The number of hydrogen-bond acceptors (Lipinski definition) is 3. The zero-order chi connectivity index (χ0) is 11.3. The van der Waals surface area contributed by atoms with Gasteiger partial charge in [0.05, 0.1) is 0 Å². The van der Waals surface area contributed by atoms with Crippen molar-refractivity contribution in [2.24, 2.45) is 0 Å². The molecule has 1 amide bonds. The maximum atomic E-state index is 11.4. The predicted octanol–water partition coefficient (Wildman–Crippen LogP) is 1.59. The van der Waals surface area contributed by atoms with Gasteiger partial charge in [0.25, 0.3) is 5.91 Å². The highest BCUT2D eigenvalue weighted by atomic mass is 35.5. The summed E-state index contributed by atoms with van der Waals surface area (Å²) >= 11 is 5.76. The third kappa shape index (κ3) is 3.40. The molecule has 1 aromatic rings. The molecule has 0 N–H and O–H groups in total. The minimum Gasteiger partial charge on any atom is -0.481 e. The fourth-order valence-corrected chi connectivity index (χ4v) is 1.08. The van der Waals surface area contributed by atoms with Crippen LogP contribution in [0.3, 0.4) is 0 Å². The maximum Gasteiger partial charge on any atom is 0.260 e. The summed E-state index contributed by atoms with van der Waals surface area (Å²) in [6, 6.07) is 3.38. The molecule has 1 heterocycles. The lowest BCUT2D eigenvalue weighted by molar-refractivity contribution is -0.131. The number of rotatable bonds is 4. The Labute approximate surface area is 93.8 Å². The Kier molecular flexibility index (Phi) is 4.37. The number of nitrogens with zero attached hydrogens (tertiary/aromatic N) is 2. The molecule has 0 aromatic carbocycles. The van der Waals surface area contributed by atoms with Crippen LogP contribution >= 0.6 is 11.6 Å². The smallest absolute Gasteiger partial charge is 0.260 e. The summed E-state index contributed by atoms with van der Waals surface area (Å²) in [4.78, 5) is 16.8. The summed E-state index contributed by atoms with van der Waals surface area (Å²) in [5.41, 5.74) is 0. The van der Waals surface area contributed by atoms with Gasteiger partial charge in [0.2, 0.25) is 0 Å². The van der Waals surface area contributed by atoms with Gasteiger partial charge in [0.1, 0.15) is 0 Å². The zero-order valence-electron chi connectivity index (χ0n) is 8.74. The topological polar surface area (TPSA) is 42.4 Å². The molecule has 82 valence electrons. The van der Waals surface area contributed by atoms with E-state index in [-0.39, 0.29) is 17.7 Å². The molecule has 1 aromatic heterocycles. The highest BCUT2D eigenvalue weighted by molar-refractivity contribution is 6.30. The molecule has 0 fully saturated rings. The molecule has 4 nitrogen and oxygen atoms in total. The first-order chi connectivity index (χ1) is 7.15. The molecule has 0 saturated heterocycles. The van der Waals surface area contributed by atoms with Gasteiger partial charge in [-0.2, -0.15) is 0 Å². The number of likely N-dealkylation sites (N-methyl/N-ethyl adjacent to an activating group) is 1. The number of hydrogen-bond donors (Lipinski definition) is 0. The minimum absolute atomic E-state index is 0.0181. The molecule has 0 radical (unpaired) electrons. The summed E-state index contributed by atoms with van der Waals surface area (Å²) in [7, 11) is 1.72. The van der Waals surface area contributed by atoms with Gasteiger partial charge < -0.3 is 9.64 Å². The van der Waals surface area contributed by atoms with Crippen LogP contribution in [0.5, 0.6) is 5.75 Å². The van der Waals surface area contributed by atoms with E-state index in [1.165, 1.54) is 0 Å². The molecule has 5 heteroatoms. The molecule has 0 spiro atoms. The Morgan fingerprint density at radius 2 is 2.40 bits per heavy atom. The van der Waals surface area contributed by atoms with Gasteiger partial charge in [-0.3, -0.25) is 4.79 Å². The van der Waals surface area contributed by atoms with Crippen molar-refractivity contribution in [3.05, 3.63) is 23.5 Å². The summed E-state index contributed by atoms with van der Waals surface area (Å²) in [6.07, 6.45) is 1.56. The number of aromatic nitrogens is 1. The van der Waals surface area contributed by atoms with E-state index in [2.05, 4.69) is 4.98 Å². The molecule has 0 aliphatic heterocycles. The summed E-state index contributed by atoms with van der Waals surface area (Å²) < 4.78 is 5.24. The van der Waals surface area contributed by atoms with Crippen LogP contribution in [-0.2, 0) is 4.79 Å². The number of ether oxygens (including phenoxy) is 1. The molecule has 15 heavy (non-hydrogen) atoms. The van der Waals surface area contributed by atoms with Gasteiger partial charge in [-0.1, -0.05) is 11.6 Å². The van der Waals surface area contributed by atoms with Gasteiger partial charge in [0.15, 0.2) is 17.5 Å². The second kappa shape index (κ2) is 5.56. The first kappa shape index (κ1) is 11.8.